The Bertz CT molecular complexity index is 22.0. The predicted octanol–water partition coefficient (Wildman–Crippen LogP) is -3.17. The van der Waals surface area contributed by atoms with Crippen LogP contribution in [0.1, 0.15) is 0 Å². The Labute approximate surface area is 37.3 Å². The van der Waals surface area contributed by atoms with Crippen molar-refractivity contribution in [1.29, 1.82) is 0 Å². The van der Waals surface area contributed by atoms with Gasteiger partial charge in [-0.15, -0.1) is 0 Å². The van der Waals surface area contributed by atoms with Crippen LogP contribution in [0.2, 0.25) is 0 Å². The van der Waals surface area contributed by atoms with Gasteiger partial charge in [0.1, 0.15) is 0 Å². The van der Waals surface area contributed by atoms with Crippen molar-refractivity contribution in [2.75, 3.05) is 0 Å². The van der Waals surface area contributed by atoms with Gasteiger partial charge in [-0.2, -0.15) is 0 Å². The average molecular weight is 187 g/mol. The minimum absolute atomic E-state index is 0.153. The summed E-state index contributed by atoms with van der Waals surface area (Å²) in [7, 11) is 0. The van der Waals surface area contributed by atoms with E-state index in [1.807, 2.05) is 0 Å². The van der Waals surface area contributed by atoms with Gasteiger partial charge in [-0.1, -0.05) is 0 Å². The van der Waals surface area contributed by atoms with E-state index in [9.17, 15) is 4.70 Å². The third-order valence-electron chi connectivity index (χ3n) is 0.0514. The van der Waals surface area contributed by atoms with Crippen molar-refractivity contribution in [1.82, 2.24) is 0 Å². The van der Waals surface area contributed by atoms with Crippen LogP contribution in [0.3, 0.4) is 0 Å². The molecule has 4 heavy (non-hydrogen) atoms. The fourth-order valence-electron chi connectivity index (χ4n) is 0. The Balaban J connectivity index is 2.30. The summed E-state index contributed by atoms with van der Waals surface area (Å²) in [6.07, 6.45) is 0. The quantitative estimate of drug-likeness (QED) is 0.240. The molecule has 0 aromatic carbocycles. The monoisotopic (exact) mass is 187 g/mol. The Kier molecular flexibility index (Phi) is 5.06. The zero-order valence-corrected chi connectivity index (χ0v) is 5.25. The van der Waals surface area contributed by atoms with E-state index in [1.54, 1.807) is 0 Å². The maximum atomic E-state index is 9.20. The molecule has 0 aromatic heterocycles. The van der Waals surface area contributed by atoms with E-state index >= 15 is 0 Å². The first-order chi connectivity index (χ1) is 1.91. The fraction of sp³-hybridized carbons (Fsp3) is 0. The third kappa shape index (κ3) is 3.02. The van der Waals surface area contributed by atoms with Gasteiger partial charge >= 0.3 is 37.0 Å². The van der Waals surface area contributed by atoms with Crippen LogP contribution >= 0.6 is 6.88 Å². The van der Waals surface area contributed by atoms with E-state index < -0.39 is 0 Å². The van der Waals surface area contributed by atoms with Crippen LogP contribution in [0.5, 0.6) is 0 Å². The van der Waals surface area contributed by atoms with E-state index in [2.05, 4.69) is 6.88 Å². The second-order valence-corrected chi connectivity index (χ2v) is 3.13. The topological polar surface area (TPSA) is 17.1 Å². The normalized spacial score (nSPS) is 6.25. The summed E-state index contributed by atoms with van der Waals surface area (Å²) in [6, 6.07) is 0. The van der Waals surface area contributed by atoms with Gasteiger partial charge in [-0.05, 0) is 0 Å². The molecule has 0 amide bonds. The van der Waals surface area contributed by atoms with Crippen molar-refractivity contribution in [2.24, 2.45) is 0 Å². The van der Waals surface area contributed by atoms with Crippen molar-refractivity contribution < 1.29 is 25.1 Å². The third-order valence-corrected chi connectivity index (χ3v) is 1.04. The Morgan fingerprint density at radius 2 is 2.25 bits per heavy atom. The number of rotatable bonds is 1. The molecule has 4 heteroatoms. The molecule has 0 spiro atoms. The molecule has 1 nitrogen and oxygen atoms in total. The Hall–Kier alpha value is 1.02. The molecule has 0 aliphatic carbocycles. The van der Waals surface area contributed by atoms with Crippen LogP contribution in [0.4, 0.5) is 0 Å². The predicted molar refractivity (Wildman–Crippen MR) is 16.2 cm³/mol. The molecule has 0 fully saturated rings. The van der Waals surface area contributed by atoms with E-state index in [0.717, 1.165) is 5.01 Å². The molecule has 0 aromatic rings. The molecular weight excluding hydrogens is 185 g/mol. The number of hydrogen-bond donors (Lipinski definition) is 0. The van der Waals surface area contributed by atoms with Crippen LogP contribution in [-0.4, -0.2) is 5.01 Å². The van der Waals surface area contributed by atoms with E-state index in [1.165, 1.54) is 0 Å². The van der Waals surface area contributed by atoms with Crippen LogP contribution in [0.15, 0.2) is 0 Å². The molecule has 0 saturated heterocycles. The standard InChI is InChI=1S/BH2IOP/c3-1-2-4/h4H2/q-1. The first-order valence-corrected chi connectivity index (χ1v) is 6.09. The van der Waals surface area contributed by atoms with Crippen molar-refractivity contribution in [3.05, 3.63) is 0 Å². The van der Waals surface area contributed by atoms with Crippen LogP contribution in [-0.2, 0) is 4.70 Å². The van der Waals surface area contributed by atoms with E-state index in [4.69, 9.17) is 0 Å². The molecule has 0 saturated carbocycles. The molecule has 0 bridgehead atoms. The van der Waals surface area contributed by atoms with E-state index in [-0.39, 0.29) is 20.4 Å². The van der Waals surface area contributed by atoms with Crippen molar-refractivity contribution in [3.8, 4) is 0 Å². The molecule has 1 atom stereocenters. The van der Waals surface area contributed by atoms with Gasteiger partial charge in [0.05, 0.1) is 0 Å². The summed E-state index contributed by atoms with van der Waals surface area (Å²) in [5.74, 6) is 0. The van der Waals surface area contributed by atoms with E-state index in [0.29, 0.717) is 0 Å². The van der Waals surface area contributed by atoms with Crippen LogP contribution in [0, 0.1) is 0 Å². The van der Waals surface area contributed by atoms with Gasteiger partial charge in [0, 0.05) is 0 Å². The van der Waals surface area contributed by atoms with Crippen LogP contribution < -0.4 is 20.4 Å². The fourth-order valence-corrected chi connectivity index (χ4v) is 0. The second-order valence-electron chi connectivity index (χ2n) is 0.215. The first kappa shape index (κ1) is 5.02. The first-order valence-electron chi connectivity index (χ1n) is 0.672. The zero-order valence-electron chi connectivity index (χ0n) is 1.94. The van der Waals surface area contributed by atoms with Gasteiger partial charge in [0.15, 0.2) is 0 Å². The number of hydrogen-bond acceptors (Lipinski definition) is 1. The molecule has 1 unspecified atom stereocenters. The molecule has 0 rings (SSSR count). The molecule has 0 aliphatic heterocycles. The van der Waals surface area contributed by atoms with Gasteiger partial charge in [-0.3, -0.25) is 0 Å². The second kappa shape index (κ2) is 4.02. The molecule has 0 aliphatic rings. The Morgan fingerprint density at radius 1 is 2.00 bits per heavy atom. The summed E-state index contributed by atoms with van der Waals surface area (Å²) >= 11 is -0.153. The van der Waals surface area contributed by atoms with Gasteiger partial charge in [-0.25, -0.2) is 0 Å². The summed E-state index contributed by atoms with van der Waals surface area (Å²) in [5, 5.41) is 0.948. The van der Waals surface area contributed by atoms with Crippen molar-refractivity contribution in [3.63, 3.8) is 0 Å². The Morgan fingerprint density at radius 3 is 2.25 bits per heavy atom. The average Bonchev–Trinajstić information content (AvgIpc) is 1.37. The SMILES string of the molecule is O=B[I-]P. The molecular formula is H2BIOP-. The van der Waals surface area contributed by atoms with Crippen molar-refractivity contribution >= 4 is 11.9 Å². The van der Waals surface area contributed by atoms with Crippen LogP contribution in [0.25, 0.3) is 0 Å². The molecule has 0 N–H and O–H groups in total. The summed E-state index contributed by atoms with van der Waals surface area (Å²) in [4.78, 5) is 0. The van der Waals surface area contributed by atoms with Gasteiger partial charge in [0.25, 0.3) is 0 Å². The minimum atomic E-state index is -0.153. The summed E-state index contributed by atoms with van der Waals surface area (Å²) in [6.45, 7) is 2.40. The summed E-state index contributed by atoms with van der Waals surface area (Å²) in [5.41, 5.74) is 0. The summed E-state index contributed by atoms with van der Waals surface area (Å²) < 4.78 is 9.20. The zero-order chi connectivity index (χ0) is 3.41. The number of halogens is 1. The van der Waals surface area contributed by atoms with Gasteiger partial charge in [0.2, 0.25) is 0 Å². The molecule has 24 valence electrons. The molecule has 0 heterocycles. The maximum absolute atomic E-state index is 9.20. The van der Waals surface area contributed by atoms with Crippen molar-refractivity contribution in [2.45, 2.75) is 0 Å². The van der Waals surface area contributed by atoms with Gasteiger partial charge < -0.3 is 0 Å². The molecule has 0 radical (unpaired) electrons.